The number of fused-ring (bicyclic) bond motifs is 4. The van der Waals surface area contributed by atoms with Crippen LogP contribution in [0, 0.1) is 0 Å². The Labute approximate surface area is 214 Å². The van der Waals surface area contributed by atoms with Gasteiger partial charge in [0.2, 0.25) is 17.5 Å². The number of carbonyl (C=O) groups is 3. The van der Waals surface area contributed by atoms with Gasteiger partial charge in [0, 0.05) is 24.0 Å². The molecule has 37 heavy (non-hydrogen) atoms. The fourth-order valence-electron chi connectivity index (χ4n) is 5.16. The van der Waals surface area contributed by atoms with Gasteiger partial charge >= 0.3 is 5.97 Å². The number of carboxylic acids is 1. The predicted molar refractivity (Wildman–Crippen MR) is 141 cm³/mol. The lowest BCUT2D eigenvalue weighted by molar-refractivity contribution is -0.137. The fourth-order valence-corrected chi connectivity index (χ4v) is 5.16. The maximum Gasteiger partial charge on any atom is 0.322 e. The smallest absolute Gasteiger partial charge is 0.322 e. The maximum absolute atomic E-state index is 12.6. The Hall–Kier alpha value is -4.40. The number of rotatable bonds is 7. The van der Waals surface area contributed by atoms with Crippen molar-refractivity contribution in [1.29, 1.82) is 0 Å². The van der Waals surface area contributed by atoms with Crippen LogP contribution in [0.25, 0.3) is 10.8 Å². The highest BCUT2D eigenvalue weighted by Gasteiger charge is 2.59. The van der Waals surface area contributed by atoms with Crippen molar-refractivity contribution in [2.24, 2.45) is 4.99 Å². The second kappa shape index (κ2) is 9.24. The van der Waals surface area contributed by atoms with Gasteiger partial charge in [-0.05, 0) is 36.9 Å². The number of ether oxygens (including phenoxy) is 1. The van der Waals surface area contributed by atoms with Gasteiger partial charge in [-0.25, -0.2) is 0 Å². The molecule has 2 aliphatic heterocycles. The topological polar surface area (TPSA) is 120 Å². The molecule has 0 aromatic heterocycles. The molecule has 0 saturated carbocycles. The molecule has 0 fully saturated rings. The first-order valence-corrected chi connectivity index (χ1v) is 12.1. The van der Waals surface area contributed by atoms with Crippen molar-refractivity contribution in [2.45, 2.75) is 31.4 Å². The van der Waals surface area contributed by atoms with Crippen molar-refractivity contribution >= 4 is 46.1 Å². The Morgan fingerprint density at radius 1 is 0.946 bits per heavy atom. The van der Waals surface area contributed by atoms with Gasteiger partial charge in [0.15, 0.2) is 0 Å². The number of carbonyl (C=O) groups excluding carboxylic acids is 2. The summed E-state index contributed by atoms with van der Waals surface area (Å²) in [7, 11) is 0. The van der Waals surface area contributed by atoms with Gasteiger partial charge in [-0.1, -0.05) is 48.5 Å². The minimum atomic E-state index is -1.15. The lowest BCUT2D eigenvalue weighted by atomic mass is 9.77. The summed E-state index contributed by atoms with van der Waals surface area (Å²) in [4.78, 5) is 42.0. The molecule has 9 heteroatoms. The zero-order chi connectivity index (χ0) is 26.2. The van der Waals surface area contributed by atoms with Crippen LogP contribution in [0.3, 0.4) is 0 Å². The van der Waals surface area contributed by atoms with Crippen molar-refractivity contribution < 1.29 is 24.2 Å². The van der Waals surface area contributed by atoms with Gasteiger partial charge in [0.1, 0.15) is 18.0 Å². The van der Waals surface area contributed by atoms with E-state index in [1.807, 2.05) is 60.8 Å². The molecule has 1 spiro atoms. The van der Waals surface area contributed by atoms with Crippen LogP contribution in [0.4, 0.5) is 11.4 Å². The van der Waals surface area contributed by atoms with Crippen LogP contribution in [-0.4, -0.2) is 54.5 Å². The number of para-hydroxylation sites is 1. The lowest BCUT2D eigenvalue weighted by Gasteiger charge is -2.46. The van der Waals surface area contributed by atoms with E-state index in [2.05, 4.69) is 35.4 Å². The van der Waals surface area contributed by atoms with Crippen LogP contribution >= 0.6 is 0 Å². The molecule has 2 heterocycles. The van der Waals surface area contributed by atoms with Crippen molar-refractivity contribution in [3.05, 3.63) is 66.2 Å². The van der Waals surface area contributed by atoms with E-state index in [1.165, 1.54) is 0 Å². The van der Waals surface area contributed by atoms with Crippen molar-refractivity contribution in [3.63, 3.8) is 0 Å². The third-order valence-corrected chi connectivity index (χ3v) is 7.11. The Bertz CT molecular complexity index is 1430. The molecule has 3 N–H and O–H groups in total. The molecule has 0 radical (unpaired) electrons. The summed E-state index contributed by atoms with van der Waals surface area (Å²) >= 11 is 0. The highest BCUT2D eigenvalue weighted by atomic mass is 16.5. The SMILES string of the molecule is CC1(C)c2ccccc2N(CCC(=O)NCC(=O)NCC(=O)O)C12C=Nc1c(ccc3ccccc13)O2. The number of nitrogens with zero attached hydrogens (tertiary/aromatic N) is 2. The van der Waals surface area contributed by atoms with Crippen LogP contribution < -0.4 is 20.3 Å². The van der Waals surface area contributed by atoms with Gasteiger partial charge in [0.05, 0.1) is 18.2 Å². The summed E-state index contributed by atoms with van der Waals surface area (Å²) in [6, 6.07) is 20.0. The van der Waals surface area contributed by atoms with Crippen molar-refractivity contribution in [1.82, 2.24) is 10.6 Å². The number of aliphatic imine (C=N–C) groups is 1. The number of hydrogen-bond acceptors (Lipinski definition) is 6. The summed E-state index contributed by atoms with van der Waals surface area (Å²) in [5.74, 6) is -1.37. The van der Waals surface area contributed by atoms with E-state index >= 15 is 0 Å². The minimum absolute atomic E-state index is 0.0974. The zero-order valence-corrected chi connectivity index (χ0v) is 20.7. The first-order valence-electron chi connectivity index (χ1n) is 12.1. The third kappa shape index (κ3) is 4.16. The molecular weight excluding hydrogens is 472 g/mol. The molecule has 3 aromatic carbocycles. The largest absolute Gasteiger partial charge is 0.480 e. The number of amides is 2. The van der Waals surface area contributed by atoms with Crippen molar-refractivity contribution in [2.75, 3.05) is 24.5 Å². The van der Waals surface area contributed by atoms with E-state index in [0.717, 1.165) is 27.7 Å². The number of anilines is 1. The highest BCUT2D eigenvalue weighted by Crippen LogP contribution is 2.54. The Morgan fingerprint density at radius 3 is 2.49 bits per heavy atom. The molecule has 5 rings (SSSR count). The number of benzene rings is 3. The standard InChI is InChI=1S/C28H28N4O5/c1-27(2)20-9-5-6-10-21(20)32(14-13-23(33)29-15-24(34)30-16-25(35)36)28(27)17-31-26-19-8-4-3-7-18(19)11-12-22(26)37-28/h3-12,17H,13-16H2,1-2H3,(H,29,33)(H,30,34)(H,35,36). The number of nitrogens with one attached hydrogen (secondary N) is 2. The second-order valence-electron chi connectivity index (χ2n) is 9.68. The molecule has 1 unspecified atom stereocenters. The normalized spacial score (nSPS) is 18.7. The quantitative estimate of drug-likeness (QED) is 0.459. The summed E-state index contributed by atoms with van der Waals surface area (Å²) in [6.45, 7) is 3.74. The summed E-state index contributed by atoms with van der Waals surface area (Å²) in [5.41, 5.74) is 1.35. The van der Waals surface area contributed by atoms with Crippen LogP contribution in [0.1, 0.15) is 25.8 Å². The molecule has 3 aromatic rings. The van der Waals surface area contributed by atoms with Gasteiger partial charge in [-0.15, -0.1) is 0 Å². The summed E-state index contributed by atoms with van der Waals surface area (Å²) in [6.07, 6.45) is 1.94. The van der Waals surface area contributed by atoms with E-state index in [-0.39, 0.29) is 18.9 Å². The van der Waals surface area contributed by atoms with E-state index < -0.39 is 29.6 Å². The van der Waals surface area contributed by atoms with Crippen LogP contribution in [0.5, 0.6) is 5.75 Å². The predicted octanol–water partition coefficient (Wildman–Crippen LogP) is 3.14. The molecule has 2 amide bonds. The van der Waals surface area contributed by atoms with Gasteiger partial charge < -0.3 is 25.4 Å². The third-order valence-electron chi connectivity index (χ3n) is 7.11. The summed E-state index contributed by atoms with van der Waals surface area (Å²) < 4.78 is 6.81. The Morgan fingerprint density at radius 2 is 1.68 bits per heavy atom. The van der Waals surface area contributed by atoms with E-state index in [1.54, 1.807) is 0 Å². The fraction of sp³-hybridized carbons (Fsp3) is 0.286. The Kier molecular flexibility index (Phi) is 6.07. The van der Waals surface area contributed by atoms with Crippen LogP contribution in [-0.2, 0) is 19.8 Å². The first-order chi connectivity index (χ1) is 17.7. The average Bonchev–Trinajstić information content (AvgIpc) is 3.07. The number of hydrogen-bond donors (Lipinski definition) is 3. The van der Waals surface area contributed by atoms with E-state index in [4.69, 9.17) is 14.8 Å². The Balaban J connectivity index is 1.41. The number of carboxylic acid groups (broad SMARTS) is 1. The van der Waals surface area contributed by atoms with Gasteiger partial charge in [0.25, 0.3) is 0 Å². The maximum atomic E-state index is 12.6. The second-order valence-corrected chi connectivity index (χ2v) is 9.68. The van der Waals surface area contributed by atoms with Crippen LogP contribution in [0.15, 0.2) is 65.7 Å². The molecular formula is C28H28N4O5. The molecule has 190 valence electrons. The first kappa shape index (κ1) is 24.3. The minimum Gasteiger partial charge on any atom is -0.480 e. The lowest BCUT2D eigenvalue weighted by Crippen LogP contribution is -2.62. The molecule has 9 nitrogen and oxygen atoms in total. The van der Waals surface area contributed by atoms with Crippen LogP contribution in [0.2, 0.25) is 0 Å². The molecule has 0 aliphatic carbocycles. The van der Waals surface area contributed by atoms with Gasteiger partial charge in [-0.3, -0.25) is 19.4 Å². The summed E-state index contributed by atoms with van der Waals surface area (Å²) in [5, 5.41) is 15.5. The molecule has 2 aliphatic rings. The number of aliphatic carboxylic acids is 1. The molecule has 0 saturated heterocycles. The van der Waals surface area contributed by atoms with Crippen molar-refractivity contribution in [3.8, 4) is 5.75 Å². The monoisotopic (exact) mass is 500 g/mol. The molecule has 1 atom stereocenters. The zero-order valence-electron chi connectivity index (χ0n) is 20.7. The van der Waals surface area contributed by atoms with E-state index in [9.17, 15) is 14.4 Å². The highest BCUT2D eigenvalue weighted by molar-refractivity contribution is 6.00. The molecule has 0 bridgehead atoms. The van der Waals surface area contributed by atoms with Gasteiger partial charge in [-0.2, -0.15) is 0 Å². The van der Waals surface area contributed by atoms with E-state index in [0.29, 0.717) is 12.3 Å². The average molecular weight is 501 g/mol.